The molecule has 0 aliphatic heterocycles. The standard InChI is InChI=1S/C28H27NO2/c1-2-24(30)14-15-25(31)18-20-13-16-27-23(17-20)19-26(21-9-5-3-6-10-21)28(29-27)22-11-7-4-8-12-22/h3-13,16-17,19,24,30H,2,14-15,18H2,1H3/t24-/m1/s1. The fraction of sp³-hybridized carbons (Fsp3) is 0.214. The maximum absolute atomic E-state index is 12.4. The average molecular weight is 410 g/mol. The Bertz CT molecular complexity index is 1170. The van der Waals surface area contributed by atoms with E-state index in [4.69, 9.17) is 4.98 Å². The fourth-order valence-corrected chi connectivity index (χ4v) is 3.84. The predicted octanol–water partition coefficient (Wildman–Crippen LogP) is 6.23. The molecule has 3 aromatic carbocycles. The SMILES string of the molecule is CC[C@@H](O)CCC(=O)Cc1ccc2nc(-c3ccccc3)c(-c3ccccc3)cc2c1. The smallest absolute Gasteiger partial charge is 0.137 e. The highest BCUT2D eigenvalue weighted by atomic mass is 16.3. The minimum Gasteiger partial charge on any atom is -0.393 e. The van der Waals surface area contributed by atoms with Crippen LogP contribution in [0.15, 0.2) is 84.9 Å². The van der Waals surface area contributed by atoms with Crippen molar-refractivity contribution in [3.05, 3.63) is 90.5 Å². The first-order valence-corrected chi connectivity index (χ1v) is 10.9. The van der Waals surface area contributed by atoms with Crippen LogP contribution in [0, 0.1) is 0 Å². The molecule has 0 radical (unpaired) electrons. The molecule has 3 nitrogen and oxygen atoms in total. The number of aliphatic hydroxyl groups excluding tert-OH is 1. The van der Waals surface area contributed by atoms with Crippen LogP contribution in [0.25, 0.3) is 33.3 Å². The summed E-state index contributed by atoms with van der Waals surface area (Å²) >= 11 is 0. The summed E-state index contributed by atoms with van der Waals surface area (Å²) in [7, 11) is 0. The second-order valence-electron chi connectivity index (χ2n) is 7.96. The molecule has 31 heavy (non-hydrogen) atoms. The topological polar surface area (TPSA) is 50.2 Å². The van der Waals surface area contributed by atoms with Gasteiger partial charge in [-0.15, -0.1) is 0 Å². The lowest BCUT2D eigenvalue weighted by molar-refractivity contribution is -0.119. The maximum Gasteiger partial charge on any atom is 0.137 e. The van der Waals surface area contributed by atoms with Crippen molar-refractivity contribution in [3.63, 3.8) is 0 Å². The number of fused-ring (bicyclic) bond motifs is 1. The number of aliphatic hydroxyl groups is 1. The van der Waals surface area contributed by atoms with Crippen molar-refractivity contribution in [1.82, 2.24) is 4.98 Å². The van der Waals surface area contributed by atoms with E-state index in [0.717, 1.165) is 38.9 Å². The number of carbonyl (C=O) groups excluding carboxylic acids is 1. The molecule has 0 spiro atoms. The zero-order valence-electron chi connectivity index (χ0n) is 17.8. The van der Waals surface area contributed by atoms with E-state index in [1.54, 1.807) is 0 Å². The van der Waals surface area contributed by atoms with Gasteiger partial charge in [0.25, 0.3) is 0 Å². The Kier molecular flexibility index (Phi) is 6.54. The highest BCUT2D eigenvalue weighted by Gasteiger charge is 2.13. The summed E-state index contributed by atoms with van der Waals surface area (Å²) < 4.78 is 0. The minimum atomic E-state index is -0.394. The molecule has 0 saturated carbocycles. The minimum absolute atomic E-state index is 0.156. The first kappa shape index (κ1) is 21.0. The largest absolute Gasteiger partial charge is 0.393 e. The zero-order chi connectivity index (χ0) is 21.6. The molecule has 4 aromatic rings. The van der Waals surface area contributed by atoms with Crippen molar-refractivity contribution in [2.24, 2.45) is 0 Å². The van der Waals surface area contributed by atoms with Crippen LogP contribution in [0.1, 0.15) is 31.7 Å². The third kappa shape index (κ3) is 5.07. The lowest BCUT2D eigenvalue weighted by Crippen LogP contribution is -2.10. The van der Waals surface area contributed by atoms with E-state index < -0.39 is 6.10 Å². The molecule has 1 heterocycles. The zero-order valence-corrected chi connectivity index (χ0v) is 17.8. The number of ketones is 1. The third-order valence-electron chi connectivity index (χ3n) is 5.64. The summed E-state index contributed by atoms with van der Waals surface area (Å²) in [5.41, 5.74) is 6.13. The second-order valence-corrected chi connectivity index (χ2v) is 7.96. The Balaban J connectivity index is 1.70. The molecule has 4 rings (SSSR count). The summed E-state index contributed by atoms with van der Waals surface area (Å²) in [4.78, 5) is 17.4. The predicted molar refractivity (Wildman–Crippen MR) is 127 cm³/mol. The quantitative estimate of drug-likeness (QED) is 0.375. The molecule has 0 saturated heterocycles. The van der Waals surface area contributed by atoms with Gasteiger partial charge in [-0.25, -0.2) is 4.98 Å². The van der Waals surface area contributed by atoms with Gasteiger partial charge in [-0.05, 0) is 42.2 Å². The maximum atomic E-state index is 12.4. The van der Waals surface area contributed by atoms with Gasteiger partial charge >= 0.3 is 0 Å². The second kappa shape index (κ2) is 9.67. The normalized spacial score (nSPS) is 12.1. The van der Waals surface area contributed by atoms with Crippen LogP contribution in [0.4, 0.5) is 0 Å². The van der Waals surface area contributed by atoms with Crippen molar-refractivity contribution >= 4 is 16.7 Å². The van der Waals surface area contributed by atoms with Gasteiger partial charge in [-0.1, -0.05) is 73.7 Å². The van der Waals surface area contributed by atoms with E-state index in [9.17, 15) is 9.90 Å². The van der Waals surface area contributed by atoms with Gasteiger partial charge in [0.15, 0.2) is 0 Å². The molecule has 1 atom stereocenters. The fourth-order valence-electron chi connectivity index (χ4n) is 3.84. The highest BCUT2D eigenvalue weighted by Crippen LogP contribution is 2.33. The van der Waals surface area contributed by atoms with Gasteiger partial charge < -0.3 is 5.11 Å². The monoisotopic (exact) mass is 409 g/mol. The molecule has 1 aromatic heterocycles. The molecule has 0 aliphatic rings. The molecule has 156 valence electrons. The summed E-state index contributed by atoms with van der Waals surface area (Å²) in [6, 6.07) is 28.7. The van der Waals surface area contributed by atoms with Crippen LogP contribution in [-0.4, -0.2) is 22.0 Å². The van der Waals surface area contributed by atoms with Crippen molar-refractivity contribution in [3.8, 4) is 22.4 Å². The Morgan fingerprint density at radius 2 is 1.58 bits per heavy atom. The Morgan fingerprint density at radius 1 is 0.903 bits per heavy atom. The van der Waals surface area contributed by atoms with Gasteiger partial charge in [0.2, 0.25) is 0 Å². The number of carbonyl (C=O) groups is 1. The first-order chi connectivity index (χ1) is 15.1. The molecule has 1 N–H and O–H groups in total. The van der Waals surface area contributed by atoms with Gasteiger partial charge in [-0.2, -0.15) is 0 Å². The Morgan fingerprint density at radius 3 is 2.26 bits per heavy atom. The van der Waals surface area contributed by atoms with Crippen LogP contribution < -0.4 is 0 Å². The lowest BCUT2D eigenvalue weighted by Gasteiger charge is -2.12. The molecule has 0 aliphatic carbocycles. The van der Waals surface area contributed by atoms with Gasteiger partial charge in [0.1, 0.15) is 5.78 Å². The third-order valence-corrected chi connectivity index (χ3v) is 5.64. The Labute approximate surface area is 183 Å². The van der Waals surface area contributed by atoms with E-state index in [2.05, 4.69) is 36.4 Å². The number of hydrogen-bond donors (Lipinski definition) is 1. The van der Waals surface area contributed by atoms with E-state index in [1.165, 1.54) is 0 Å². The number of nitrogens with zero attached hydrogens (tertiary/aromatic N) is 1. The first-order valence-electron chi connectivity index (χ1n) is 10.9. The summed E-state index contributed by atoms with van der Waals surface area (Å²) in [6.07, 6.45) is 1.61. The molecular formula is C28H27NO2. The molecule has 0 fully saturated rings. The molecule has 0 bridgehead atoms. The molecule has 0 amide bonds. The van der Waals surface area contributed by atoms with E-state index in [1.807, 2.05) is 55.5 Å². The summed E-state index contributed by atoms with van der Waals surface area (Å²) in [5, 5.41) is 10.7. The number of aromatic nitrogens is 1. The van der Waals surface area contributed by atoms with E-state index in [-0.39, 0.29) is 5.78 Å². The van der Waals surface area contributed by atoms with Crippen LogP contribution in [0.3, 0.4) is 0 Å². The molecular weight excluding hydrogens is 382 g/mol. The van der Waals surface area contributed by atoms with Crippen LogP contribution >= 0.6 is 0 Å². The van der Waals surface area contributed by atoms with Crippen molar-refractivity contribution in [2.45, 2.75) is 38.7 Å². The number of pyridine rings is 1. The van der Waals surface area contributed by atoms with Crippen LogP contribution in [-0.2, 0) is 11.2 Å². The summed E-state index contributed by atoms with van der Waals surface area (Å²) in [5.74, 6) is 0.156. The lowest BCUT2D eigenvalue weighted by atomic mass is 9.96. The average Bonchev–Trinajstić information content (AvgIpc) is 2.82. The Hall–Kier alpha value is -3.30. The summed E-state index contributed by atoms with van der Waals surface area (Å²) in [6.45, 7) is 1.93. The molecule has 3 heteroatoms. The van der Waals surface area contributed by atoms with Crippen LogP contribution in [0.2, 0.25) is 0 Å². The number of hydrogen-bond acceptors (Lipinski definition) is 3. The highest BCUT2D eigenvalue weighted by molar-refractivity contribution is 5.92. The van der Waals surface area contributed by atoms with Crippen molar-refractivity contribution in [2.75, 3.05) is 0 Å². The molecule has 0 unspecified atom stereocenters. The van der Waals surface area contributed by atoms with Crippen molar-refractivity contribution in [1.29, 1.82) is 0 Å². The van der Waals surface area contributed by atoms with Gasteiger partial charge in [-0.3, -0.25) is 4.79 Å². The van der Waals surface area contributed by atoms with E-state index in [0.29, 0.717) is 25.7 Å². The number of Topliss-reactive ketones (excluding diaryl/α,β-unsaturated/α-hetero) is 1. The van der Waals surface area contributed by atoms with Gasteiger partial charge in [0.05, 0.1) is 17.3 Å². The van der Waals surface area contributed by atoms with Gasteiger partial charge in [0, 0.05) is 29.4 Å². The van der Waals surface area contributed by atoms with Crippen molar-refractivity contribution < 1.29 is 9.90 Å². The van der Waals surface area contributed by atoms with E-state index >= 15 is 0 Å². The van der Waals surface area contributed by atoms with Crippen LogP contribution in [0.5, 0.6) is 0 Å². The number of rotatable bonds is 8. The number of benzene rings is 3.